The summed E-state index contributed by atoms with van der Waals surface area (Å²) in [6.45, 7) is 3.92. The van der Waals surface area contributed by atoms with Gasteiger partial charge in [-0.3, -0.25) is 4.68 Å². The number of hydrogen-bond donors (Lipinski definition) is 1. The monoisotopic (exact) mass is 281 g/mol. The Bertz CT molecular complexity index is 546. The third-order valence-electron chi connectivity index (χ3n) is 3.34. The highest BCUT2D eigenvalue weighted by Gasteiger charge is 2.24. The fourth-order valence-corrected chi connectivity index (χ4v) is 3.84. The largest absolute Gasteiger partial charge is 0.308 e. The first kappa shape index (κ1) is 12.2. The van der Waals surface area contributed by atoms with Gasteiger partial charge in [0.25, 0.3) is 0 Å². The maximum absolute atomic E-state index is 6.05. The van der Waals surface area contributed by atoms with Crippen LogP contribution in [0.15, 0.2) is 18.5 Å². The van der Waals surface area contributed by atoms with E-state index in [1.165, 1.54) is 22.4 Å². The van der Waals surface area contributed by atoms with Crippen molar-refractivity contribution in [3.8, 4) is 0 Å². The lowest BCUT2D eigenvalue weighted by Crippen LogP contribution is -2.23. The van der Waals surface area contributed by atoms with Crippen LogP contribution in [0.25, 0.3) is 0 Å². The quantitative estimate of drug-likeness (QED) is 0.933. The second-order valence-corrected chi connectivity index (χ2v) is 6.52. The molecule has 0 aromatic carbocycles. The van der Waals surface area contributed by atoms with Gasteiger partial charge in [-0.15, -0.1) is 11.3 Å². The molecule has 3 rings (SSSR count). The molecule has 0 saturated carbocycles. The molecule has 1 aliphatic rings. The Kier molecular flexibility index (Phi) is 3.41. The summed E-state index contributed by atoms with van der Waals surface area (Å²) in [7, 11) is 0. The van der Waals surface area contributed by atoms with Crippen LogP contribution < -0.4 is 5.32 Å². The number of thiophene rings is 1. The van der Waals surface area contributed by atoms with E-state index in [9.17, 15) is 0 Å². The highest BCUT2D eigenvalue weighted by atomic mass is 35.5. The molecule has 18 heavy (non-hydrogen) atoms. The van der Waals surface area contributed by atoms with Crippen LogP contribution in [0.1, 0.15) is 28.5 Å². The highest BCUT2D eigenvalue weighted by molar-refractivity contribution is 7.16. The van der Waals surface area contributed by atoms with Crippen molar-refractivity contribution in [3.05, 3.63) is 38.8 Å². The molecule has 2 aromatic rings. The first-order valence-electron chi connectivity index (χ1n) is 6.23. The normalized spacial score (nSPS) is 18.2. The van der Waals surface area contributed by atoms with Crippen molar-refractivity contribution in [2.45, 2.75) is 32.4 Å². The molecule has 1 atom stereocenters. The first-order chi connectivity index (χ1) is 8.72. The fourth-order valence-electron chi connectivity index (χ4n) is 2.48. The van der Waals surface area contributed by atoms with Crippen molar-refractivity contribution in [1.82, 2.24) is 15.1 Å². The maximum Gasteiger partial charge on any atom is 0.0934 e. The van der Waals surface area contributed by atoms with Crippen molar-refractivity contribution in [1.29, 1.82) is 0 Å². The van der Waals surface area contributed by atoms with Gasteiger partial charge in [0.1, 0.15) is 0 Å². The summed E-state index contributed by atoms with van der Waals surface area (Å²) in [4.78, 5) is 1.45. The number of aryl methyl sites for hydroxylation is 2. The zero-order valence-corrected chi connectivity index (χ0v) is 11.9. The average molecular weight is 282 g/mol. The van der Waals surface area contributed by atoms with Crippen molar-refractivity contribution in [2.75, 3.05) is 6.54 Å². The molecule has 0 saturated heterocycles. The molecule has 3 nitrogen and oxygen atoms in total. The van der Waals surface area contributed by atoms with Crippen molar-refractivity contribution < 1.29 is 0 Å². The molecule has 1 unspecified atom stereocenters. The summed E-state index contributed by atoms with van der Waals surface area (Å²) in [6, 6.07) is 2.59. The van der Waals surface area contributed by atoms with Gasteiger partial charge in [0.15, 0.2) is 0 Å². The molecule has 1 aliphatic carbocycles. The number of fused-ring (bicyclic) bond motifs is 1. The summed E-state index contributed by atoms with van der Waals surface area (Å²) in [6.07, 6.45) is 6.32. The van der Waals surface area contributed by atoms with Gasteiger partial charge in [0.05, 0.1) is 17.1 Å². The van der Waals surface area contributed by atoms with Gasteiger partial charge in [0.2, 0.25) is 0 Å². The van der Waals surface area contributed by atoms with Gasteiger partial charge in [-0.05, 0) is 37.0 Å². The minimum absolute atomic E-state index is 0.473. The van der Waals surface area contributed by atoms with E-state index in [0.29, 0.717) is 6.04 Å². The van der Waals surface area contributed by atoms with Crippen LogP contribution in [0.2, 0.25) is 4.34 Å². The Morgan fingerprint density at radius 1 is 1.61 bits per heavy atom. The summed E-state index contributed by atoms with van der Waals surface area (Å²) in [5.74, 6) is 0. The molecule has 5 heteroatoms. The van der Waals surface area contributed by atoms with Crippen LogP contribution in [0, 0.1) is 6.92 Å². The number of aromatic nitrogens is 2. The average Bonchev–Trinajstić information content (AvgIpc) is 2.97. The second-order valence-electron chi connectivity index (χ2n) is 4.76. The van der Waals surface area contributed by atoms with Crippen LogP contribution in [-0.2, 0) is 13.0 Å². The number of nitrogens with one attached hydrogen (secondary N) is 1. The van der Waals surface area contributed by atoms with Crippen LogP contribution in [-0.4, -0.2) is 16.3 Å². The number of hydrogen-bond acceptors (Lipinski definition) is 3. The molecule has 0 fully saturated rings. The van der Waals surface area contributed by atoms with Gasteiger partial charge >= 0.3 is 0 Å². The highest BCUT2D eigenvalue weighted by Crippen LogP contribution is 2.39. The first-order valence-corrected chi connectivity index (χ1v) is 7.42. The van der Waals surface area contributed by atoms with Crippen molar-refractivity contribution in [2.24, 2.45) is 0 Å². The Morgan fingerprint density at radius 3 is 3.28 bits per heavy atom. The predicted molar refractivity (Wildman–Crippen MR) is 75.4 cm³/mol. The van der Waals surface area contributed by atoms with Gasteiger partial charge in [-0.2, -0.15) is 5.10 Å². The predicted octanol–water partition coefficient (Wildman–Crippen LogP) is 3.18. The molecule has 0 bridgehead atoms. The zero-order valence-electron chi connectivity index (χ0n) is 10.3. The van der Waals surface area contributed by atoms with Gasteiger partial charge in [-0.25, -0.2) is 0 Å². The fraction of sp³-hybridized carbons (Fsp3) is 0.462. The molecular weight excluding hydrogens is 266 g/mol. The summed E-state index contributed by atoms with van der Waals surface area (Å²) >= 11 is 7.77. The van der Waals surface area contributed by atoms with Gasteiger partial charge < -0.3 is 5.32 Å². The molecule has 1 N–H and O–H groups in total. The SMILES string of the molecule is Cc1cnn(CCNC2CCc3sc(Cl)cc32)c1. The van der Waals surface area contributed by atoms with Gasteiger partial charge in [-0.1, -0.05) is 11.6 Å². The second kappa shape index (κ2) is 5.03. The van der Waals surface area contributed by atoms with Crippen LogP contribution in [0.3, 0.4) is 0 Å². The molecule has 0 aliphatic heterocycles. The molecule has 0 amide bonds. The Hall–Kier alpha value is -0.840. The van der Waals surface area contributed by atoms with E-state index >= 15 is 0 Å². The Morgan fingerprint density at radius 2 is 2.50 bits per heavy atom. The standard InChI is InChI=1S/C13H16ClN3S/c1-9-7-16-17(8-9)5-4-15-11-2-3-12-10(11)6-13(14)18-12/h6-8,11,15H,2-5H2,1H3. The van der Waals surface area contributed by atoms with E-state index in [1.807, 2.05) is 10.9 Å². The number of nitrogens with zero attached hydrogens (tertiary/aromatic N) is 2. The van der Waals surface area contributed by atoms with Crippen LogP contribution in [0.4, 0.5) is 0 Å². The Balaban J connectivity index is 1.55. The lowest BCUT2D eigenvalue weighted by molar-refractivity contribution is 0.484. The number of halogens is 1. The van der Waals surface area contributed by atoms with E-state index in [-0.39, 0.29) is 0 Å². The van der Waals surface area contributed by atoms with E-state index in [1.54, 1.807) is 11.3 Å². The smallest absolute Gasteiger partial charge is 0.0934 e. The minimum Gasteiger partial charge on any atom is -0.308 e. The Labute approximate surface area is 116 Å². The molecule has 2 aromatic heterocycles. The third kappa shape index (κ3) is 2.46. The van der Waals surface area contributed by atoms with E-state index in [4.69, 9.17) is 11.6 Å². The molecule has 0 spiro atoms. The van der Waals surface area contributed by atoms with E-state index in [2.05, 4.69) is 29.6 Å². The lowest BCUT2D eigenvalue weighted by atomic mass is 10.2. The van der Waals surface area contributed by atoms with Crippen molar-refractivity contribution in [3.63, 3.8) is 0 Å². The summed E-state index contributed by atoms with van der Waals surface area (Å²) in [5, 5.41) is 7.88. The summed E-state index contributed by atoms with van der Waals surface area (Å²) in [5.41, 5.74) is 2.62. The molecule has 96 valence electrons. The molecule has 0 radical (unpaired) electrons. The summed E-state index contributed by atoms with van der Waals surface area (Å²) < 4.78 is 2.90. The molecule has 2 heterocycles. The number of rotatable bonds is 4. The van der Waals surface area contributed by atoms with E-state index < -0.39 is 0 Å². The maximum atomic E-state index is 6.05. The van der Waals surface area contributed by atoms with Crippen LogP contribution >= 0.6 is 22.9 Å². The minimum atomic E-state index is 0.473. The van der Waals surface area contributed by atoms with E-state index in [0.717, 1.165) is 23.8 Å². The van der Waals surface area contributed by atoms with Crippen molar-refractivity contribution >= 4 is 22.9 Å². The third-order valence-corrected chi connectivity index (χ3v) is 4.68. The zero-order chi connectivity index (χ0) is 12.5. The van der Waals surface area contributed by atoms with Gasteiger partial charge in [0, 0.05) is 23.7 Å². The molecular formula is C13H16ClN3S. The van der Waals surface area contributed by atoms with Crippen LogP contribution in [0.5, 0.6) is 0 Å². The topological polar surface area (TPSA) is 29.9 Å². The lowest BCUT2D eigenvalue weighted by Gasteiger charge is -2.12.